The number of aliphatic hydroxyl groups excluding tert-OH is 1. The Hall–Kier alpha value is -1.43. The zero-order valence-electron chi connectivity index (χ0n) is 9.33. The van der Waals surface area contributed by atoms with Crippen molar-refractivity contribution in [2.75, 3.05) is 6.54 Å². The van der Waals surface area contributed by atoms with Gasteiger partial charge in [-0.3, -0.25) is 4.79 Å². The predicted molar refractivity (Wildman–Crippen MR) is 56.4 cm³/mol. The molecule has 1 amide bonds. The highest BCUT2D eigenvalue weighted by Gasteiger charge is 2.31. The molecule has 0 radical (unpaired) electrons. The van der Waals surface area contributed by atoms with Crippen LogP contribution < -0.4 is 0 Å². The third kappa shape index (κ3) is 2.38. The van der Waals surface area contributed by atoms with Crippen LogP contribution in [0.2, 0.25) is 0 Å². The van der Waals surface area contributed by atoms with Crippen LogP contribution in [0.25, 0.3) is 0 Å². The van der Waals surface area contributed by atoms with Crippen LogP contribution in [0.4, 0.5) is 0 Å². The average molecular weight is 224 g/mol. The molecule has 1 aromatic heterocycles. The van der Waals surface area contributed by atoms with Crippen molar-refractivity contribution in [2.24, 2.45) is 0 Å². The Bertz CT molecular complexity index is 373. The number of hydrogen-bond donors (Lipinski definition) is 1. The first kappa shape index (κ1) is 11.1. The van der Waals surface area contributed by atoms with Gasteiger partial charge in [-0.2, -0.15) is 0 Å². The number of nitrogens with zero attached hydrogens (tertiary/aromatic N) is 4. The lowest BCUT2D eigenvalue weighted by Crippen LogP contribution is -2.35. The second-order valence-electron chi connectivity index (χ2n) is 3.98. The molecule has 6 heteroatoms. The van der Waals surface area contributed by atoms with Crippen molar-refractivity contribution in [3.63, 3.8) is 0 Å². The lowest BCUT2D eigenvalue weighted by atomic mass is 10.4. The highest BCUT2D eigenvalue weighted by molar-refractivity contribution is 5.76. The number of likely N-dealkylation sites (N-methyl/N-ethyl adjacent to an activating group) is 1. The van der Waals surface area contributed by atoms with Crippen molar-refractivity contribution >= 4 is 5.91 Å². The molecule has 0 aliphatic heterocycles. The highest BCUT2D eigenvalue weighted by atomic mass is 16.3. The fraction of sp³-hybridized carbons (Fsp3) is 0.700. The molecule has 0 saturated heterocycles. The van der Waals surface area contributed by atoms with Crippen LogP contribution in [0, 0.1) is 0 Å². The first-order valence-corrected chi connectivity index (χ1v) is 5.54. The summed E-state index contributed by atoms with van der Waals surface area (Å²) in [5, 5.41) is 16.3. The summed E-state index contributed by atoms with van der Waals surface area (Å²) < 4.78 is 1.47. The molecule has 16 heavy (non-hydrogen) atoms. The van der Waals surface area contributed by atoms with E-state index in [4.69, 9.17) is 5.11 Å². The standard InChI is InChI=1S/C10H16N4O2/c1-2-14(9-3-4-9)10(16)6-13-5-8(7-15)11-12-13/h5,9,15H,2-4,6-7H2,1H3. The van der Waals surface area contributed by atoms with Crippen molar-refractivity contribution in [1.29, 1.82) is 0 Å². The van der Waals surface area contributed by atoms with Gasteiger partial charge in [0, 0.05) is 12.6 Å². The zero-order valence-corrected chi connectivity index (χ0v) is 9.33. The number of aromatic nitrogens is 3. The van der Waals surface area contributed by atoms with E-state index in [1.807, 2.05) is 11.8 Å². The zero-order chi connectivity index (χ0) is 11.5. The monoisotopic (exact) mass is 224 g/mol. The maximum Gasteiger partial charge on any atom is 0.244 e. The fourth-order valence-corrected chi connectivity index (χ4v) is 1.74. The molecule has 1 fully saturated rings. The summed E-state index contributed by atoms with van der Waals surface area (Å²) in [6, 6.07) is 0.429. The minimum absolute atomic E-state index is 0.0689. The van der Waals surface area contributed by atoms with E-state index in [1.54, 1.807) is 6.20 Å². The molecule has 1 aromatic rings. The van der Waals surface area contributed by atoms with Crippen LogP contribution in [0.3, 0.4) is 0 Å². The number of hydrogen-bond acceptors (Lipinski definition) is 4. The smallest absolute Gasteiger partial charge is 0.244 e. The molecule has 88 valence electrons. The number of carbonyl (C=O) groups is 1. The van der Waals surface area contributed by atoms with Gasteiger partial charge in [-0.25, -0.2) is 4.68 Å². The van der Waals surface area contributed by atoms with Gasteiger partial charge in [0.15, 0.2) is 0 Å². The fourth-order valence-electron chi connectivity index (χ4n) is 1.74. The Morgan fingerprint density at radius 1 is 1.69 bits per heavy atom. The Labute approximate surface area is 93.9 Å². The molecule has 1 N–H and O–H groups in total. The van der Waals surface area contributed by atoms with Crippen LogP contribution in [-0.4, -0.2) is 43.5 Å². The molecule has 1 heterocycles. The molecule has 1 saturated carbocycles. The minimum Gasteiger partial charge on any atom is -0.390 e. The second kappa shape index (κ2) is 4.61. The van der Waals surface area contributed by atoms with Gasteiger partial charge in [-0.15, -0.1) is 5.10 Å². The molecule has 0 spiro atoms. The first-order chi connectivity index (χ1) is 7.74. The molecule has 0 unspecified atom stereocenters. The van der Waals surface area contributed by atoms with E-state index in [0.717, 1.165) is 19.4 Å². The van der Waals surface area contributed by atoms with Gasteiger partial charge in [-0.1, -0.05) is 5.21 Å². The van der Waals surface area contributed by atoms with Gasteiger partial charge >= 0.3 is 0 Å². The van der Waals surface area contributed by atoms with E-state index >= 15 is 0 Å². The normalized spacial score (nSPS) is 15.1. The maximum atomic E-state index is 11.9. The van der Waals surface area contributed by atoms with Gasteiger partial charge in [-0.05, 0) is 19.8 Å². The van der Waals surface area contributed by atoms with Crippen LogP contribution in [0.1, 0.15) is 25.5 Å². The van der Waals surface area contributed by atoms with Crippen LogP contribution in [-0.2, 0) is 17.9 Å². The minimum atomic E-state index is -0.145. The summed E-state index contributed by atoms with van der Waals surface area (Å²) in [4.78, 5) is 13.8. The summed E-state index contributed by atoms with van der Waals surface area (Å²) >= 11 is 0. The Morgan fingerprint density at radius 2 is 2.44 bits per heavy atom. The topological polar surface area (TPSA) is 71.2 Å². The van der Waals surface area contributed by atoms with Crippen LogP contribution in [0.15, 0.2) is 6.20 Å². The average Bonchev–Trinajstić information content (AvgIpc) is 2.99. The van der Waals surface area contributed by atoms with E-state index in [9.17, 15) is 4.79 Å². The number of rotatable bonds is 5. The lowest BCUT2D eigenvalue weighted by molar-refractivity contribution is -0.132. The van der Waals surface area contributed by atoms with Gasteiger partial charge in [0.25, 0.3) is 0 Å². The molecule has 2 rings (SSSR count). The van der Waals surface area contributed by atoms with Crippen molar-refractivity contribution in [3.8, 4) is 0 Å². The molecular weight excluding hydrogens is 208 g/mol. The lowest BCUT2D eigenvalue weighted by Gasteiger charge is -2.19. The molecule has 0 atom stereocenters. The summed E-state index contributed by atoms with van der Waals surface area (Å²) in [5.41, 5.74) is 0.488. The molecule has 1 aliphatic rings. The number of amides is 1. The third-order valence-corrected chi connectivity index (χ3v) is 2.69. The third-order valence-electron chi connectivity index (χ3n) is 2.69. The van der Waals surface area contributed by atoms with E-state index in [1.165, 1.54) is 4.68 Å². The summed E-state index contributed by atoms with van der Waals surface area (Å²) in [5.74, 6) is 0.0689. The molecular formula is C10H16N4O2. The van der Waals surface area contributed by atoms with Crippen LogP contribution in [0.5, 0.6) is 0 Å². The van der Waals surface area contributed by atoms with Crippen molar-refractivity contribution in [1.82, 2.24) is 19.9 Å². The van der Waals surface area contributed by atoms with E-state index in [0.29, 0.717) is 11.7 Å². The molecule has 0 aromatic carbocycles. The summed E-state index contributed by atoms with van der Waals surface area (Å²) in [6.07, 6.45) is 3.82. The van der Waals surface area contributed by atoms with Crippen molar-refractivity contribution in [2.45, 2.75) is 39.0 Å². The van der Waals surface area contributed by atoms with Gasteiger partial charge in [0.1, 0.15) is 12.2 Å². The predicted octanol–water partition coefficient (Wildman–Crippen LogP) is -0.219. The molecule has 1 aliphatic carbocycles. The van der Waals surface area contributed by atoms with Gasteiger partial charge in [0.05, 0.1) is 12.8 Å². The van der Waals surface area contributed by atoms with E-state index in [2.05, 4.69) is 10.3 Å². The summed E-state index contributed by atoms with van der Waals surface area (Å²) in [7, 11) is 0. The second-order valence-corrected chi connectivity index (χ2v) is 3.98. The number of aliphatic hydroxyl groups is 1. The Morgan fingerprint density at radius 3 is 2.94 bits per heavy atom. The number of carbonyl (C=O) groups excluding carboxylic acids is 1. The molecule has 0 bridgehead atoms. The SMILES string of the molecule is CCN(C(=O)Cn1cc(CO)nn1)C1CC1. The Balaban J connectivity index is 1.94. The van der Waals surface area contributed by atoms with Crippen LogP contribution >= 0.6 is 0 Å². The highest BCUT2D eigenvalue weighted by Crippen LogP contribution is 2.26. The van der Waals surface area contributed by atoms with E-state index in [-0.39, 0.29) is 19.1 Å². The molecule has 6 nitrogen and oxygen atoms in total. The largest absolute Gasteiger partial charge is 0.390 e. The van der Waals surface area contributed by atoms with Crippen molar-refractivity contribution in [3.05, 3.63) is 11.9 Å². The quantitative estimate of drug-likeness (QED) is 0.750. The first-order valence-electron chi connectivity index (χ1n) is 5.54. The summed E-state index contributed by atoms with van der Waals surface area (Å²) in [6.45, 7) is 2.79. The Kier molecular flexibility index (Phi) is 3.19. The van der Waals surface area contributed by atoms with Gasteiger partial charge in [0.2, 0.25) is 5.91 Å². The van der Waals surface area contributed by atoms with Gasteiger partial charge < -0.3 is 10.0 Å². The maximum absolute atomic E-state index is 11.9. The van der Waals surface area contributed by atoms with E-state index < -0.39 is 0 Å². The van der Waals surface area contributed by atoms with Crippen molar-refractivity contribution < 1.29 is 9.90 Å².